The van der Waals surface area contributed by atoms with E-state index in [0.717, 1.165) is 12.6 Å². The molecular formula is C16H33N3. The second kappa shape index (κ2) is 5.71. The smallest absolute Gasteiger partial charge is 0.0336 e. The van der Waals surface area contributed by atoms with Crippen molar-refractivity contribution in [3.63, 3.8) is 0 Å². The predicted molar refractivity (Wildman–Crippen MR) is 82.3 cm³/mol. The van der Waals surface area contributed by atoms with Gasteiger partial charge < -0.3 is 10.6 Å². The maximum absolute atomic E-state index is 6.20. The molecular weight excluding hydrogens is 234 g/mol. The number of likely N-dealkylation sites (N-methyl/N-ethyl adjacent to an activating group) is 1. The maximum Gasteiger partial charge on any atom is 0.0336 e. The van der Waals surface area contributed by atoms with E-state index in [9.17, 15) is 0 Å². The molecule has 0 amide bonds. The summed E-state index contributed by atoms with van der Waals surface area (Å²) in [7, 11) is 2.33. The van der Waals surface area contributed by atoms with E-state index < -0.39 is 0 Å². The van der Waals surface area contributed by atoms with Crippen molar-refractivity contribution in [2.75, 3.05) is 33.2 Å². The third-order valence-electron chi connectivity index (χ3n) is 5.75. The Labute approximate surface area is 119 Å². The second-order valence-electron chi connectivity index (χ2n) is 7.55. The number of hydrogen-bond acceptors (Lipinski definition) is 3. The Morgan fingerprint density at radius 1 is 1.21 bits per heavy atom. The van der Waals surface area contributed by atoms with E-state index in [1.807, 2.05) is 0 Å². The molecule has 112 valence electrons. The molecule has 1 heterocycles. The first kappa shape index (κ1) is 15.3. The van der Waals surface area contributed by atoms with Crippen molar-refractivity contribution in [3.05, 3.63) is 0 Å². The first-order valence-electron chi connectivity index (χ1n) is 8.08. The number of rotatable bonds is 4. The zero-order chi connectivity index (χ0) is 14.1. The van der Waals surface area contributed by atoms with Crippen LogP contribution in [0.5, 0.6) is 0 Å². The van der Waals surface area contributed by atoms with Gasteiger partial charge in [0.15, 0.2) is 0 Å². The molecule has 2 N–H and O–H groups in total. The second-order valence-corrected chi connectivity index (χ2v) is 7.55. The first-order valence-corrected chi connectivity index (χ1v) is 8.08. The molecule has 1 aliphatic heterocycles. The van der Waals surface area contributed by atoms with E-state index in [2.05, 4.69) is 37.6 Å². The highest BCUT2D eigenvalue weighted by molar-refractivity contribution is 5.03. The third kappa shape index (κ3) is 3.14. The minimum atomic E-state index is 0.266. The van der Waals surface area contributed by atoms with Crippen molar-refractivity contribution in [1.82, 2.24) is 9.80 Å². The standard InChI is InChI=1S/C16H33N3/c1-5-19-10-6-14(7-11-19)18(4)16(13-17)9-8-15(2,3)12-16/h14H,5-13,17H2,1-4H3. The van der Waals surface area contributed by atoms with Gasteiger partial charge >= 0.3 is 0 Å². The van der Waals surface area contributed by atoms with Crippen LogP contribution in [-0.2, 0) is 0 Å². The zero-order valence-electron chi connectivity index (χ0n) is 13.4. The SMILES string of the molecule is CCN1CCC(N(C)C2(CN)CCC(C)(C)C2)CC1. The monoisotopic (exact) mass is 267 g/mol. The van der Waals surface area contributed by atoms with Crippen LogP contribution in [-0.4, -0.2) is 54.6 Å². The Bertz CT molecular complexity index is 294. The van der Waals surface area contributed by atoms with Crippen LogP contribution in [0.25, 0.3) is 0 Å². The Morgan fingerprint density at radius 2 is 1.84 bits per heavy atom. The lowest BCUT2D eigenvalue weighted by Crippen LogP contribution is -2.57. The number of piperidine rings is 1. The lowest BCUT2D eigenvalue weighted by Gasteiger charge is -2.46. The van der Waals surface area contributed by atoms with Crippen molar-refractivity contribution < 1.29 is 0 Å². The molecule has 3 nitrogen and oxygen atoms in total. The number of likely N-dealkylation sites (tertiary alicyclic amines) is 1. The fraction of sp³-hybridized carbons (Fsp3) is 1.00. The molecule has 19 heavy (non-hydrogen) atoms. The van der Waals surface area contributed by atoms with Gasteiger partial charge in [-0.2, -0.15) is 0 Å². The van der Waals surface area contributed by atoms with Crippen molar-refractivity contribution in [2.24, 2.45) is 11.1 Å². The average molecular weight is 267 g/mol. The van der Waals surface area contributed by atoms with E-state index in [-0.39, 0.29) is 5.54 Å². The molecule has 0 radical (unpaired) electrons. The van der Waals surface area contributed by atoms with Gasteiger partial charge in [0.2, 0.25) is 0 Å². The molecule has 0 aromatic heterocycles. The summed E-state index contributed by atoms with van der Waals surface area (Å²) >= 11 is 0. The van der Waals surface area contributed by atoms with Gasteiger partial charge in [-0.05, 0) is 64.2 Å². The predicted octanol–water partition coefficient (Wildman–Crippen LogP) is 2.31. The van der Waals surface area contributed by atoms with Gasteiger partial charge in [0.05, 0.1) is 0 Å². The lowest BCUT2D eigenvalue weighted by atomic mass is 9.85. The molecule has 1 saturated carbocycles. The average Bonchev–Trinajstić information content (AvgIpc) is 2.75. The number of nitrogens with two attached hydrogens (primary N) is 1. The summed E-state index contributed by atoms with van der Waals surface area (Å²) in [6.07, 6.45) is 6.49. The van der Waals surface area contributed by atoms with Crippen LogP contribution >= 0.6 is 0 Å². The topological polar surface area (TPSA) is 32.5 Å². The van der Waals surface area contributed by atoms with Gasteiger partial charge in [0.1, 0.15) is 0 Å². The fourth-order valence-electron chi connectivity index (χ4n) is 4.27. The molecule has 0 aromatic carbocycles. The molecule has 0 bridgehead atoms. The summed E-state index contributed by atoms with van der Waals surface area (Å²) in [5.74, 6) is 0. The van der Waals surface area contributed by atoms with Crippen molar-refractivity contribution in [3.8, 4) is 0 Å². The summed E-state index contributed by atoms with van der Waals surface area (Å²) in [5.41, 5.74) is 6.94. The van der Waals surface area contributed by atoms with Gasteiger partial charge in [-0.1, -0.05) is 20.8 Å². The Hall–Kier alpha value is -0.120. The highest BCUT2D eigenvalue weighted by atomic mass is 15.2. The largest absolute Gasteiger partial charge is 0.329 e. The van der Waals surface area contributed by atoms with E-state index in [1.165, 1.54) is 51.7 Å². The van der Waals surface area contributed by atoms with Gasteiger partial charge in [0.25, 0.3) is 0 Å². The molecule has 2 aliphatic rings. The Balaban J connectivity index is 2.00. The summed E-state index contributed by atoms with van der Waals surface area (Å²) < 4.78 is 0. The van der Waals surface area contributed by atoms with E-state index in [0.29, 0.717) is 5.41 Å². The van der Waals surface area contributed by atoms with E-state index >= 15 is 0 Å². The highest BCUT2D eigenvalue weighted by Crippen LogP contribution is 2.46. The highest BCUT2D eigenvalue weighted by Gasteiger charge is 2.46. The molecule has 1 atom stereocenters. The molecule has 0 spiro atoms. The zero-order valence-corrected chi connectivity index (χ0v) is 13.4. The first-order chi connectivity index (χ1) is 8.92. The van der Waals surface area contributed by atoms with Crippen molar-refractivity contribution in [1.29, 1.82) is 0 Å². The molecule has 1 saturated heterocycles. The summed E-state index contributed by atoms with van der Waals surface area (Å²) in [4.78, 5) is 5.23. The van der Waals surface area contributed by atoms with Crippen LogP contribution in [0.4, 0.5) is 0 Å². The minimum Gasteiger partial charge on any atom is -0.329 e. The van der Waals surface area contributed by atoms with Gasteiger partial charge in [-0.15, -0.1) is 0 Å². The van der Waals surface area contributed by atoms with Gasteiger partial charge in [-0.25, -0.2) is 0 Å². The summed E-state index contributed by atoms with van der Waals surface area (Å²) in [6.45, 7) is 11.6. The molecule has 1 aliphatic carbocycles. The number of hydrogen-bond donors (Lipinski definition) is 1. The number of nitrogens with zero attached hydrogens (tertiary/aromatic N) is 2. The van der Waals surface area contributed by atoms with E-state index in [1.54, 1.807) is 0 Å². The summed E-state index contributed by atoms with van der Waals surface area (Å²) in [5, 5.41) is 0. The lowest BCUT2D eigenvalue weighted by molar-refractivity contribution is 0.0372. The molecule has 0 aromatic rings. The fourth-order valence-corrected chi connectivity index (χ4v) is 4.27. The van der Waals surface area contributed by atoms with Crippen LogP contribution in [0, 0.1) is 5.41 Å². The quantitative estimate of drug-likeness (QED) is 0.848. The van der Waals surface area contributed by atoms with Gasteiger partial charge in [0, 0.05) is 18.1 Å². The van der Waals surface area contributed by atoms with E-state index in [4.69, 9.17) is 5.73 Å². The minimum absolute atomic E-state index is 0.266. The van der Waals surface area contributed by atoms with Crippen LogP contribution in [0.3, 0.4) is 0 Å². The third-order valence-corrected chi connectivity index (χ3v) is 5.75. The molecule has 3 heteroatoms. The molecule has 1 unspecified atom stereocenters. The normalized spacial score (nSPS) is 33.2. The van der Waals surface area contributed by atoms with Crippen LogP contribution < -0.4 is 5.73 Å². The Morgan fingerprint density at radius 3 is 2.26 bits per heavy atom. The van der Waals surface area contributed by atoms with Crippen LogP contribution in [0.1, 0.15) is 52.9 Å². The van der Waals surface area contributed by atoms with Crippen molar-refractivity contribution >= 4 is 0 Å². The molecule has 2 fully saturated rings. The Kier molecular flexibility index (Phi) is 4.59. The maximum atomic E-state index is 6.20. The van der Waals surface area contributed by atoms with Crippen LogP contribution in [0.2, 0.25) is 0 Å². The summed E-state index contributed by atoms with van der Waals surface area (Å²) in [6, 6.07) is 0.736. The van der Waals surface area contributed by atoms with Crippen molar-refractivity contribution in [2.45, 2.75) is 64.5 Å². The van der Waals surface area contributed by atoms with Crippen LogP contribution in [0.15, 0.2) is 0 Å². The molecule has 2 rings (SSSR count). The van der Waals surface area contributed by atoms with Gasteiger partial charge in [-0.3, -0.25) is 4.90 Å².